The summed E-state index contributed by atoms with van der Waals surface area (Å²) in [5.41, 5.74) is 0. The van der Waals surface area contributed by atoms with Gasteiger partial charge in [-0.2, -0.15) is 0 Å². The van der Waals surface area contributed by atoms with Crippen molar-refractivity contribution in [1.82, 2.24) is 0 Å². The van der Waals surface area contributed by atoms with E-state index in [1.165, 1.54) is 38.5 Å². The molecular weight excluding hydrogens is 144 g/mol. The lowest BCUT2D eigenvalue weighted by Gasteiger charge is -2.11. The number of unbranched alkanes of at least 4 members (excludes halogenated alkanes) is 1. The molecule has 0 bridgehead atoms. The SMILES string of the molecule is [CH2]C(C)CCCCC(CC)CC. The molecule has 0 fully saturated rings. The van der Waals surface area contributed by atoms with Gasteiger partial charge in [0.15, 0.2) is 0 Å². The first-order valence-electron chi connectivity index (χ1n) is 5.53. The average Bonchev–Trinajstić information content (AvgIpc) is 2.04. The van der Waals surface area contributed by atoms with Crippen LogP contribution >= 0.6 is 0 Å². The van der Waals surface area contributed by atoms with Gasteiger partial charge in [0.1, 0.15) is 0 Å². The molecule has 0 saturated heterocycles. The van der Waals surface area contributed by atoms with Crippen LogP contribution in [0.25, 0.3) is 0 Å². The van der Waals surface area contributed by atoms with Gasteiger partial charge in [0.05, 0.1) is 0 Å². The zero-order valence-electron chi connectivity index (χ0n) is 9.10. The Hall–Kier alpha value is 0. The van der Waals surface area contributed by atoms with Crippen molar-refractivity contribution in [2.75, 3.05) is 0 Å². The highest BCUT2D eigenvalue weighted by Crippen LogP contribution is 2.17. The molecule has 1 atom stereocenters. The molecule has 73 valence electrons. The Morgan fingerprint density at radius 3 is 1.92 bits per heavy atom. The van der Waals surface area contributed by atoms with E-state index in [9.17, 15) is 0 Å². The second-order valence-electron chi connectivity index (χ2n) is 4.07. The second kappa shape index (κ2) is 7.64. The Bertz CT molecular complexity index is 80.0. The third kappa shape index (κ3) is 6.69. The van der Waals surface area contributed by atoms with Gasteiger partial charge in [-0.1, -0.05) is 66.2 Å². The molecule has 0 aliphatic carbocycles. The maximum Gasteiger partial charge on any atom is -0.0420 e. The summed E-state index contributed by atoms with van der Waals surface area (Å²) in [6.07, 6.45) is 8.24. The van der Waals surface area contributed by atoms with Gasteiger partial charge >= 0.3 is 0 Å². The Balaban J connectivity index is 3.17. The zero-order valence-corrected chi connectivity index (χ0v) is 9.10. The largest absolute Gasteiger partial charge is 0.0651 e. The first kappa shape index (κ1) is 12.0. The smallest absolute Gasteiger partial charge is 0.0420 e. The van der Waals surface area contributed by atoms with Crippen molar-refractivity contribution in [1.29, 1.82) is 0 Å². The van der Waals surface area contributed by atoms with Gasteiger partial charge in [0.25, 0.3) is 0 Å². The Morgan fingerprint density at radius 2 is 1.50 bits per heavy atom. The molecule has 0 heteroatoms. The van der Waals surface area contributed by atoms with E-state index >= 15 is 0 Å². The first-order valence-corrected chi connectivity index (χ1v) is 5.53. The molecule has 0 aromatic carbocycles. The van der Waals surface area contributed by atoms with Gasteiger partial charge in [0.2, 0.25) is 0 Å². The molecule has 1 radical (unpaired) electrons. The maximum absolute atomic E-state index is 4.00. The highest BCUT2D eigenvalue weighted by Gasteiger charge is 2.02. The summed E-state index contributed by atoms with van der Waals surface area (Å²) in [6, 6.07) is 0. The van der Waals surface area contributed by atoms with Crippen LogP contribution in [0.4, 0.5) is 0 Å². The summed E-state index contributed by atoms with van der Waals surface area (Å²) in [7, 11) is 0. The van der Waals surface area contributed by atoms with Gasteiger partial charge in [-0.25, -0.2) is 0 Å². The third-order valence-electron chi connectivity index (χ3n) is 2.71. The van der Waals surface area contributed by atoms with Crippen LogP contribution in [-0.4, -0.2) is 0 Å². The Morgan fingerprint density at radius 1 is 1.00 bits per heavy atom. The maximum atomic E-state index is 4.00. The lowest BCUT2D eigenvalue weighted by Crippen LogP contribution is -1.97. The van der Waals surface area contributed by atoms with Crippen LogP contribution in [0.2, 0.25) is 0 Å². The minimum atomic E-state index is 0.645. The summed E-state index contributed by atoms with van der Waals surface area (Å²) in [5.74, 6) is 1.62. The number of rotatable bonds is 7. The van der Waals surface area contributed by atoms with Gasteiger partial charge in [-0.05, 0) is 11.8 Å². The standard InChI is InChI=1S/C12H25/c1-5-12(6-2)10-8-7-9-11(3)4/h11-12H,3,5-10H2,1-2,4H3. The number of hydrogen-bond donors (Lipinski definition) is 0. The molecule has 0 amide bonds. The predicted octanol–water partition coefficient (Wildman–Crippen LogP) is 4.45. The minimum absolute atomic E-state index is 0.645. The lowest BCUT2D eigenvalue weighted by atomic mass is 9.95. The van der Waals surface area contributed by atoms with Crippen molar-refractivity contribution in [2.45, 2.75) is 59.3 Å². The molecular formula is C12H25. The van der Waals surface area contributed by atoms with Crippen LogP contribution in [0.5, 0.6) is 0 Å². The third-order valence-corrected chi connectivity index (χ3v) is 2.71. The fourth-order valence-corrected chi connectivity index (χ4v) is 1.62. The average molecular weight is 169 g/mol. The van der Waals surface area contributed by atoms with E-state index in [0.717, 1.165) is 5.92 Å². The summed E-state index contributed by atoms with van der Waals surface area (Å²) in [5, 5.41) is 0. The van der Waals surface area contributed by atoms with Crippen LogP contribution in [0, 0.1) is 18.8 Å². The quantitative estimate of drug-likeness (QED) is 0.494. The molecule has 0 heterocycles. The van der Waals surface area contributed by atoms with Crippen molar-refractivity contribution < 1.29 is 0 Å². The van der Waals surface area contributed by atoms with Crippen LogP contribution < -0.4 is 0 Å². The fourth-order valence-electron chi connectivity index (χ4n) is 1.62. The van der Waals surface area contributed by atoms with E-state index in [-0.39, 0.29) is 0 Å². The summed E-state index contributed by atoms with van der Waals surface area (Å²) in [6.45, 7) is 10.8. The highest BCUT2D eigenvalue weighted by atomic mass is 14.1. The van der Waals surface area contributed by atoms with Crippen LogP contribution in [0.1, 0.15) is 59.3 Å². The molecule has 0 aromatic heterocycles. The van der Waals surface area contributed by atoms with Gasteiger partial charge < -0.3 is 0 Å². The normalized spacial score (nSPS) is 11.5. The molecule has 12 heavy (non-hydrogen) atoms. The molecule has 0 aromatic rings. The van der Waals surface area contributed by atoms with E-state index in [1.54, 1.807) is 0 Å². The van der Waals surface area contributed by atoms with Gasteiger partial charge in [-0.3, -0.25) is 0 Å². The molecule has 0 aliphatic rings. The summed E-state index contributed by atoms with van der Waals surface area (Å²) >= 11 is 0. The van der Waals surface area contributed by atoms with E-state index < -0.39 is 0 Å². The predicted molar refractivity (Wildman–Crippen MR) is 57.1 cm³/mol. The lowest BCUT2D eigenvalue weighted by molar-refractivity contribution is 0.422. The molecule has 0 nitrogen and oxygen atoms in total. The van der Waals surface area contributed by atoms with E-state index in [0.29, 0.717) is 5.92 Å². The van der Waals surface area contributed by atoms with E-state index in [1.807, 2.05) is 0 Å². The summed E-state index contributed by atoms with van der Waals surface area (Å²) in [4.78, 5) is 0. The Labute approximate surface area is 78.8 Å². The van der Waals surface area contributed by atoms with Crippen LogP contribution in [0.3, 0.4) is 0 Å². The molecule has 0 aliphatic heterocycles. The molecule has 0 N–H and O–H groups in total. The molecule has 1 unspecified atom stereocenters. The topological polar surface area (TPSA) is 0 Å². The highest BCUT2D eigenvalue weighted by molar-refractivity contribution is 4.58. The molecule has 0 spiro atoms. The van der Waals surface area contributed by atoms with Crippen molar-refractivity contribution in [3.63, 3.8) is 0 Å². The van der Waals surface area contributed by atoms with Gasteiger partial charge in [-0.15, -0.1) is 0 Å². The van der Waals surface area contributed by atoms with Crippen molar-refractivity contribution in [3.8, 4) is 0 Å². The first-order chi connectivity index (χ1) is 5.70. The zero-order chi connectivity index (χ0) is 9.40. The van der Waals surface area contributed by atoms with Crippen molar-refractivity contribution in [3.05, 3.63) is 6.92 Å². The van der Waals surface area contributed by atoms with E-state index in [4.69, 9.17) is 0 Å². The van der Waals surface area contributed by atoms with Gasteiger partial charge in [0, 0.05) is 0 Å². The van der Waals surface area contributed by atoms with Crippen LogP contribution in [0.15, 0.2) is 0 Å². The monoisotopic (exact) mass is 169 g/mol. The molecule has 0 rings (SSSR count). The number of hydrogen-bond acceptors (Lipinski definition) is 0. The van der Waals surface area contributed by atoms with E-state index in [2.05, 4.69) is 27.7 Å². The summed E-state index contributed by atoms with van der Waals surface area (Å²) < 4.78 is 0. The second-order valence-corrected chi connectivity index (χ2v) is 4.07. The van der Waals surface area contributed by atoms with Crippen LogP contribution in [-0.2, 0) is 0 Å². The van der Waals surface area contributed by atoms with Crippen molar-refractivity contribution >= 4 is 0 Å². The minimum Gasteiger partial charge on any atom is -0.0651 e. The fraction of sp³-hybridized carbons (Fsp3) is 0.917. The Kier molecular flexibility index (Phi) is 7.64. The molecule has 0 saturated carbocycles. The van der Waals surface area contributed by atoms with Crippen molar-refractivity contribution in [2.24, 2.45) is 11.8 Å².